The van der Waals surface area contributed by atoms with Crippen molar-refractivity contribution in [2.45, 2.75) is 174 Å². The third-order valence-electron chi connectivity index (χ3n) is 10.9. The number of ether oxygens (including phenoxy) is 10. The zero-order valence-corrected chi connectivity index (χ0v) is 31.9. The van der Waals surface area contributed by atoms with Crippen LogP contribution in [0.2, 0.25) is 0 Å². The van der Waals surface area contributed by atoms with E-state index < -0.39 is 149 Å². The summed E-state index contributed by atoms with van der Waals surface area (Å²) in [7, 11) is 0. The predicted octanol–water partition coefficient (Wildman–Crippen LogP) is -6.62. The zero-order chi connectivity index (χ0) is 42.1. The quantitative estimate of drug-likeness (QED) is 0.0537. The SMILES string of the molecule is OC[C@H]1O[C@@H](OC[C@H]2O[C@@H](OC[C@H]3O[C@@H](OC[C@H]4O[C@@H](OCCCCCCCC5OCCCO5)[C@H](O)[C@@H](O)[C@@H]4O)[C@H](O)[C@@H](O)[C@@H]3O)[C@H](O)[C@@H](O)[C@@H]2O)[C@H](O)[C@@H](O)[C@@H]1O. The summed E-state index contributed by atoms with van der Waals surface area (Å²) in [6.45, 7) is -0.966. The van der Waals surface area contributed by atoms with Crippen molar-refractivity contribution in [1.82, 2.24) is 0 Å². The Kier molecular flexibility index (Phi) is 19.0. The van der Waals surface area contributed by atoms with E-state index in [0.29, 0.717) is 19.6 Å². The molecule has 20 atom stereocenters. The fourth-order valence-electron chi connectivity index (χ4n) is 7.20. The maximum absolute atomic E-state index is 10.6. The Balaban J connectivity index is 1.07. The van der Waals surface area contributed by atoms with Crippen LogP contribution in [-0.2, 0) is 47.4 Å². The van der Waals surface area contributed by atoms with Crippen molar-refractivity contribution in [2.24, 2.45) is 0 Å². The maximum atomic E-state index is 10.6. The molecule has 5 aliphatic heterocycles. The third-order valence-corrected chi connectivity index (χ3v) is 10.9. The van der Waals surface area contributed by atoms with Gasteiger partial charge in [-0.05, 0) is 25.7 Å². The van der Waals surface area contributed by atoms with E-state index in [1.165, 1.54) is 0 Å². The van der Waals surface area contributed by atoms with E-state index in [4.69, 9.17) is 47.4 Å². The molecule has 0 amide bonds. The molecule has 0 aliphatic carbocycles. The zero-order valence-electron chi connectivity index (χ0n) is 31.9. The summed E-state index contributed by atoms with van der Waals surface area (Å²) in [5.74, 6) is 0. The first-order valence-corrected chi connectivity index (χ1v) is 19.8. The highest BCUT2D eigenvalue weighted by atomic mass is 16.8. The van der Waals surface area contributed by atoms with Crippen molar-refractivity contribution < 1.29 is 114 Å². The van der Waals surface area contributed by atoms with Gasteiger partial charge in [0.2, 0.25) is 0 Å². The molecule has 5 aliphatic rings. The highest BCUT2D eigenvalue weighted by Crippen LogP contribution is 2.29. The van der Waals surface area contributed by atoms with Crippen molar-refractivity contribution in [1.29, 1.82) is 0 Å². The van der Waals surface area contributed by atoms with E-state index in [1.54, 1.807) is 0 Å². The third kappa shape index (κ3) is 12.2. The van der Waals surface area contributed by atoms with Crippen molar-refractivity contribution in [3.8, 4) is 0 Å². The Morgan fingerprint density at radius 1 is 0.379 bits per heavy atom. The summed E-state index contributed by atoms with van der Waals surface area (Å²) in [4.78, 5) is 0. The van der Waals surface area contributed by atoms with Gasteiger partial charge >= 0.3 is 0 Å². The minimum Gasteiger partial charge on any atom is -0.394 e. The van der Waals surface area contributed by atoms with Gasteiger partial charge < -0.3 is 114 Å². The van der Waals surface area contributed by atoms with E-state index in [9.17, 15) is 66.4 Å². The lowest BCUT2D eigenvalue weighted by molar-refractivity contribution is -0.347. The van der Waals surface area contributed by atoms with E-state index in [-0.39, 0.29) is 12.9 Å². The number of hydrogen-bond donors (Lipinski definition) is 13. The van der Waals surface area contributed by atoms with Crippen LogP contribution in [0.25, 0.3) is 0 Å². The van der Waals surface area contributed by atoms with Gasteiger partial charge in [0.1, 0.15) is 97.7 Å². The molecule has 5 saturated heterocycles. The summed E-state index contributed by atoms with van der Waals surface area (Å²) in [5.41, 5.74) is 0. The molecule has 23 heteroatoms. The lowest BCUT2D eigenvalue weighted by Crippen LogP contribution is -2.63. The van der Waals surface area contributed by atoms with E-state index in [2.05, 4.69) is 0 Å². The fourth-order valence-corrected chi connectivity index (χ4v) is 7.20. The molecule has 0 bridgehead atoms. The molecule has 58 heavy (non-hydrogen) atoms. The van der Waals surface area contributed by atoms with Gasteiger partial charge in [0.15, 0.2) is 31.5 Å². The van der Waals surface area contributed by atoms with Crippen LogP contribution in [0.4, 0.5) is 0 Å². The van der Waals surface area contributed by atoms with Crippen LogP contribution in [0.5, 0.6) is 0 Å². The molecule has 13 N–H and O–H groups in total. The summed E-state index contributed by atoms with van der Waals surface area (Å²) < 4.78 is 55.4. The lowest BCUT2D eigenvalue weighted by atomic mass is 9.98. The van der Waals surface area contributed by atoms with Crippen molar-refractivity contribution in [3.05, 3.63) is 0 Å². The molecule has 340 valence electrons. The fraction of sp³-hybridized carbons (Fsp3) is 1.00. The van der Waals surface area contributed by atoms with Gasteiger partial charge in [0.25, 0.3) is 0 Å². The van der Waals surface area contributed by atoms with Crippen LogP contribution >= 0.6 is 0 Å². The van der Waals surface area contributed by atoms with Crippen LogP contribution in [0.15, 0.2) is 0 Å². The van der Waals surface area contributed by atoms with Gasteiger partial charge in [-0.25, -0.2) is 0 Å². The van der Waals surface area contributed by atoms with E-state index in [0.717, 1.165) is 38.5 Å². The number of hydrogen-bond acceptors (Lipinski definition) is 23. The first kappa shape index (κ1) is 48.1. The topological polar surface area (TPSA) is 355 Å². The Morgan fingerprint density at radius 2 is 0.724 bits per heavy atom. The molecule has 0 aromatic carbocycles. The average molecular weight is 851 g/mol. The Morgan fingerprint density at radius 3 is 1.14 bits per heavy atom. The van der Waals surface area contributed by atoms with Crippen LogP contribution < -0.4 is 0 Å². The minimum absolute atomic E-state index is 0.147. The first-order valence-electron chi connectivity index (χ1n) is 19.8. The minimum atomic E-state index is -1.88. The Bertz CT molecular complexity index is 1170. The van der Waals surface area contributed by atoms with Gasteiger partial charge in [-0.2, -0.15) is 0 Å². The molecule has 0 saturated carbocycles. The second-order valence-electron chi connectivity index (χ2n) is 15.2. The largest absolute Gasteiger partial charge is 0.394 e. The highest BCUT2D eigenvalue weighted by Gasteiger charge is 2.50. The van der Waals surface area contributed by atoms with E-state index in [1.807, 2.05) is 0 Å². The second kappa shape index (κ2) is 23.0. The van der Waals surface area contributed by atoms with Gasteiger partial charge in [0, 0.05) is 6.61 Å². The van der Waals surface area contributed by atoms with Crippen molar-refractivity contribution in [2.75, 3.05) is 46.2 Å². The molecule has 23 nitrogen and oxygen atoms in total. The van der Waals surface area contributed by atoms with Gasteiger partial charge in [-0.1, -0.05) is 19.3 Å². The smallest absolute Gasteiger partial charge is 0.186 e. The molecular weight excluding hydrogens is 788 g/mol. The molecule has 0 aromatic rings. The number of rotatable bonds is 19. The Hall–Kier alpha value is -0.920. The number of aliphatic hydroxyl groups is 13. The standard InChI is InChI=1S/C35H62O23/c36-11-15-20(37)24(41)29(46)33(55-15)52-13-17-22(39)26(43)31(48)35(57-17)54-14-18-23(40)27(44)30(47)34(58-18)53-12-16-21(38)25(42)28(45)32(56-16)51-8-5-3-1-2-4-7-19-49-9-6-10-50-19/h15-48H,1-14H2/t15-,16-,17-,18-,20-,21-,22-,23-,24+,25+,26+,27+,28-,29-,30-,31-,32-,33-,34-,35-/m1/s1. The van der Waals surface area contributed by atoms with Crippen LogP contribution in [-0.4, -0.2) is 242 Å². The van der Waals surface area contributed by atoms with Crippen LogP contribution in [0.3, 0.4) is 0 Å². The van der Waals surface area contributed by atoms with Crippen LogP contribution in [0, 0.1) is 0 Å². The summed E-state index contributed by atoms with van der Waals surface area (Å²) in [5, 5.41) is 135. The monoisotopic (exact) mass is 850 g/mol. The predicted molar refractivity (Wildman–Crippen MR) is 186 cm³/mol. The van der Waals surface area contributed by atoms with Gasteiger partial charge in [-0.15, -0.1) is 0 Å². The number of unbranched alkanes of at least 4 members (excludes halogenated alkanes) is 4. The number of aliphatic hydroxyl groups excluding tert-OH is 13. The molecule has 0 unspecified atom stereocenters. The summed E-state index contributed by atoms with van der Waals surface area (Å²) in [6, 6.07) is 0. The highest BCUT2D eigenvalue weighted by molar-refractivity contribution is 4.94. The molecule has 0 aromatic heterocycles. The molecule has 5 fully saturated rings. The molecular formula is C35H62O23. The van der Waals surface area contributed by atoms with E-state index >= 15 is 0 Å². The van der Waals surface area contributed by atoms with Crippen LogP contribution in [0.1, 0.15) is 44.9 Å². The van der Waals surface area contributed by atoms with Gasteiger partial charge in [-0.3, -0.25) is 0 Å². The molecule has 0 spiro atoms. The normalized spacial score (nSPS) is 45.7. The van der Waals surface area contributed by atoms with Gasteiger partial charge in [0.05, 0.1) is 39.6 Å². The summed E-state index contributed by atoms with van der Waals surface area (Å²) >= 11 is 0. The van der Waals surface area contributed by atoms with Crippen molar-refractivity contribution >= 4 is 0 Å². The average Bonchev–Trinajstić information content (AvgIpc) is 3.22. The maximum Gasteiger partial charge on any atom is 0.186 e. The molecule has 5 rings (SSSR count). The second-order valence-corrected chi connectivity index (χ2v) is 15.2. The van der Waals surface area contributed by atoms with Crippen molar-refractivity contribution in [3.63, 3.8) is 0 Å². The molecule has 0 radical (unpaired) electrons. The molecule has 5 heterocycles. The summed E-state index contributed by atoms with van der Waals surface area (Å²) in [6.07, 6.45) is -27.1. The lowest BCUT2D eigenvalue weighted by Gasteiger charge is -2.44. The Labute approximate surface area is 334 Å². The first-order chi connectivity index (χ1) is 27.7.